The molecule has 2 aromatic rings. The summed E-state index contributed by atoms with van der Waals surface area (Å²) in [5.41, 5.74) is 0.0162. The maximum atomic E-state index is 13.2. The Morgan fingerprint density at radius 3 is 2.31 bits per heavy atom. The van der Waals surface area contributed by atoms with Gasteiger partial charge in [0.2, 0.25) is 5.91 Å². The lowest BCUT2D eigenvalue weighted by molar-refractivity contribution is -0.142. The van der Waals surface area contributed by atoms with Crippen molar-refractivity contribution in [1.82, 2.24) is 9.97 Å². The number of nitrogens with two attached hydrogens (primary N) is 1. The van der Waals surface area contributed by atoms with Gasteiger partial charge in [-0.25, -0.2) is 4.98 Å². The third-order valence-corrected chi connectivity index (χ3v) is 3.31. The van der Waals surface area contributed by atoms with Crippen molar-refractivity contribution in [3.05, 3.63) is 62.8 Å². The number of benzene rings is 1. The monoisotopic (exact) mass is 379 g/mol. The predicted octanol–water partition coefficient (Wildman–Crippen LogP) is 2.43. The van der Waals surface area contributed by atoms with Crippen LogP contribution < -0.4 is 11.3 Å². The van der Waals surface area contributed by atoms with Crippen LogP contribution in [0.25, 0.3) is 0 Å². The molecule has 2 rings (SSSR count). The zero-order valence-electron chi connectivity index (χ0n) is 12.8. The molecule has 0 bridgehead atoms. The first-order valence-corrected chi connectivity index (χ1v) is 7.01. The molecule has 26 heavy (non-hydrogen) atoms. The maximum absolute atomic E-state index is 13.2. The molecule has 0 aliphatic carbocycles. The van der Waals surface area contributed by atoms with E-state index in [1.165, 1.54) is 0 Å². The van der Waals surface area contributed by atoms with E-state index in [0.717, 1.165) is 18.2 Å². The molecular weight excluding hydrogens is 368 g/mol. The van der Waals surface area contributed by atoms with Crippen LogP contribution in [0, 0.1) is 0 Å². The van der Waals surface area contributed by atoms with Gasteiger partial charge >= 0.3 is 12.4 Å². The van der Waals surface area contributed by atoms with Gasteiger partial charge in [-0.05, 0) is 11.6 Å². The van der Waals surface area contributed by atoms with Crippen molar-refractivity contribution in [1.29, 1.82) is 0 Å². The van der Waals surface area contributed by atoms with Gasteiger partial charge < -0.3 is 10.7 Å². The quantitative estimate of drug-likeness (QED) is 0.800. The summed E-state index contributed by atoms with van der Waals surface area (Å²) in [5.74, 6) is -1.59. The molecular formula is C15H11F6N3O2. The number of aromatic nitrogens is 2. The molecule has 0 radical (unpaired) electrons. The summed E-state index contributed by atoms with van der Waals surface area (Å²) in [6.45, 7) is 0. The van der Waals surface area contributed by atoms with Crippen molar-refractivity contribution < 1.29 is 31.1 Å². The molecule has 0 saturated carbocycles. The van der Waals surface area contributed by atoms with Crippen molar-refractivity contribution in [3.63, 3.8) is 0 Å². The molecule has 1 heterocycles. The minimum Gasteiger partial charge on any atom is -0.369 e. The number of carbonyl (C=O) groups is 1. The highest BCUT2D eigenvalue weighted by Gasteiger charge is 2.37. The van der Waals surface area contributed by atoms with Gasteiger partial charge in [0.15, 0.2) is 5.69 Å². The summed E-state index contributed by atoms with van der Waals surface area (Å²) >= 11 is 0. The predicted molar refractivity (Wildman–Crippen MR) is 77.0 cm³/mol. The van der Waals surface area contributed by atoms with Crippen LogP contribution in [0.3, 0.4) is 0 Å². The summed E-state index contributed by atoms with van der Waals surface area (Å²) in [7, 11) is 0. The van der Waals surface area contributed by atoms with Crippen LogP contribution in [-0.4, -0.2) is 15.9 Å². The van der Waals surface area contributed by atoms with E-state index in [0.29, 0.717) is 6.07 Å². The van der Waals surface area contributed by atoms with E-state index in [1.54, 1.807) is 0 Å². The van der Waals surface area contributed by atoms with Crippen LogP contribution in [0.15, 0.2) is 29.1 Å². The van der Waals surface area contributed by atoms with Gasteiger partial charge in [-0.2, -0.15) is 26.3 Å². The molecule has 5 nitrogen and oxygen atoms in total. The largest absolute Gasteiger partial charge is 0.433 e. The number of amides is 1. The maximum Gasteiger partial charge on any atom is 0.433 e. The zero-order chi connectivity index (χ0) is 19.7. The topological polar surface area (TPSA) is 88.8 Å². The fraction of sp³-hybridized carbons (Fsp3) is 0.267. The highest BCUT2D eigenvalue weighted by atomic mass is 19.4. The van der Waals surface area contributed by atoms with E-state index in [-0.39, 0.29) is 5.56 Å². The molecule has 0 unspecified atom stereocenters. The number of nitrogens with one attached hydrogen (secondary N) is 1. The number of aromatic amines is 1. The van der Waals surface area contributed by atoms with Crippen molar-refractivity contribution in [2.45, 2.75) is 25.2 Å². The van der Waals surface area contributed by atoms with Crippen molar-refractivity contribution in [3.8, 4) is 0 Å². The molecule has 0 atom stereocenters. The number of rotatable bonds is 4. The van der Waals surface area contributed by atoms with E-state index in [4.69, 9.17) is 5.73 Å². The highest BCUT2D eigenvalue weighted by Crippen LogP contribution is 2.32. The standard InChI is InChI=1S/C15H11F6N3O2/c16-14(17,18)8-3-1-2-7(4-8)5-9-12(15(19,20)21)23-11(6-10(22)25)24-13(9)26/h1-4H,5-6H2,(H2,22,25)(H,23,24,26). The van der Waals surface area contributed by atoms with E-state index in [2.05, 4.69) is 4.98 Å². The number of hydrogen-bond acceptors (Lipinski definition) is 3. The molecule has 3 N–H and O–H groups in total. The van der Waals surface area contributed by atoms with Crippen molar-refractivity contribution >= 4 is 5.91 Å². The van der Waals surface area contributed by atoms with E-state index in [1.807, 2.05) is 4.98 Å². The Morgan fingerprint density at radius 2 is 1.77 bits per heavy atom. The minimum atomic E-state index is -5.04. The van der Waals surface area contributed by atoms with Crippen LogP contribution in [0.2, 0.25) is 0 Å². The summed E-state index contributed by atoms with van der Waals surface area (Å²) < 4.78 is 77.8. The molecule has 0 spiro atoms. The fourth-order valence-corrected chi connectivity index (χ4v) is 2.25. The second-order valence-corrected chi connectivity index (χ2v) is 5.36. The van der Waals surface area contributed by atoms with E-state index < -0.39 is 59.3 Å². The van der Waals surface area contributed by atoms with Gasteiger partial charge in [-0.1, -0.05) is 18.2 Å². The Bertz CT molecular complexity index is 886. The van der Waals surface area contributed by atoms with Gasteiger partial charge in [0.25, 0.3) is 5.56 Å². The van der Waals surface area contributed by atoms with Crippen molar-refractivity contribution in [2.24, 2.45) is 5.73 Å². The fourth-order valence-electron chi connectivity index (χ4n) is 2.25. The summed E-state index contributed by atoms with van der Waals surface area (Å²) in [6.07, 6.45) is -11.2. The molecule has 11 heteroatoms. The van der Waals surface area contributed by atoms with Crippen LogP contribution in [-0.2, 0) is 30.0 Å². The van der Waals surface area contributed by atoms with Gasteiger partial charge in [0.05, 0.1) is 17.5 Å². The highest BCUT2D eigenvalue weighted by molar-refractivity contribution is 5.75. The summed E-state index contributed by atoms with van der Waals surface area (Å²) in [4.78, 5) is 28.0. The minimum absolute atomic E-state index is 0.153. The van der Waals surface area contributed by atoms with Crippen LogP contribution in [0.4, 0.5) is 26.3 Å². The summed E-state index contributed by atoms with van der Waals surface area (Å²) in [6, 6.07) is 3.59. The molecule has 140 valence electrons. The normalized spacial score (nSPS) is 12.2. The molecule has 0 fully saturated rings. The van der Waals surface area contributed by atoms with Gasteiger partial charge in [-0.15, -0.1) is 0 Å². The van der Waals surface area contributed by atoms with Crippen LogP contribution >= 0.6 is 0 Å². The lowest BCUT2D eigenvalue weighted by atomic mass is 10.0. The van der Waals surface area contributed by atoms with Gasteiger partial charge in [-0.3, -0.25) is 9.59 Å². The first-order valence-electron chi connectivity index (χ1n) is 7.01. The molecule has 1 aromatic carbocycles. The van der Waals surface area contributed by atoms with Crippen LogP contribution in [0.1, 0.15) is 28.2 Å². The number of carbonyl (C=O) groups excluding carboxylic acids is 1. The second kappa shape index (κ2) is 6.81. The van der Waals surface area contributed by atoms with Gasteiger partial charge in [0.1, 0.15) is 5.82 Å². The molecule has 1 aromatic heterocycles. The Kier molecular flexibility index (Phi) is 5.10. The lowest BCUT2D eigenvalue weighted by Gasteiger charge is -2.13. The number of alkyl halides is 6. The molecule has 0 aliphatic heterocycles. The first kappa shape index (κ1) is 19.5. The average molecular weight is 379 g/mol. The number of halogens is 6. The van der Waals surface area contributed by atoms with Crippen LogP contribution in [0.5, 0.6) is 0 Å². The smallest absolute Gasteiger partial charge is 0.369 e. The SMILES string of the molecule is NC(=O)Cc1nc(C(F)(F)F)c(Cc2cccc(C(F)(F)F)c2)c(=O)[nH]1. The number of primary amides is 1. The van der Waals surface area contributed by atoms with E-state index >= 15 is 0 Å². The lowest BCUT2D eigenvalue weighted by Crippen LogP contribution is -2.27. The third-order valence-electron chi connectivity index (χ3n) is 3.31. The molecule has 1 amide bonds. The Labute approximate surface area is 141 Å². The molecule has 0 saturated heterocycles. The van der Waals surface area contributed by atoms with Crippen molar-refractivity contribution in [2.75, 3.05) is 0 Å². The first-order chi connectivity index (χ1) is 11.9. The number of H-pyrrole nitrogens is 1. The Balaban J connectivity index is 2.53. The summed E-state index contributed by atoms with van der Waals surface area (Å²) in [5, 5.41) is 0. The zero-order valence-corrected chi connectivity index (χ0v) is 12.8. The second-order valence-electron chi connectivity index (χ2n) is 5.36. The molecule has 0 aliphatic rings. The third kappa shape index (κ3) is 4.61. The van der Waals surface area contributed by atoms with E-state index in [9.17, 15) is 35.9 Å². The average Bonchev–Trinajstić information content (AvgIpc) is 2.47. The number of hydrogen-bond donors (Lipinski definition) is 2. The Morgan fingerprint density at radius 1 is 1.12 bits per heavy atom. The Hall–Kier alpha value is -2.85. The number of nitrogens with zero attached hydrogens (tertiary/aromatic N) is 1. The van der Waals surface area contributed by atoms with Gasteiger partial charge in [0, 0.05) is 6.42 Å².